The third-order valence-corrected chi connectivity index (χ3v) is 2.66. The van der Waals surface area contributed by atoms with Crippen LogP contribution in [0.1, 0.15) is 32.6 Å². The number of nitrogens with two attached hydrogens (primary N) is 1. The second-order valence-corrected chi connectivity index (χ2v) is 3.76. The fourth-order valence-electron chi connectivity index (χ4n) is 1.80. The first kappa shape index (κ1) is 11.0. The zero-order chi connectivity index (χ0) is 9.52. The monoisotopic (exact) mass is 186 g/mol. The standard InChI is InChI=1S/C10H22N2O/c1-2-13-8-7-12-10-5-3-9(11)4-6-10/h9-10,12H,2-8,11H2,1H3. The van der Waals surface area contributed by atoms with Gasteiger partial charge in [-0.15, -0.1) is 0 Å². The van der Waals surface area contributed by atoms with Crippen LogP contribution in [-0.2, 0) is 4.74 Å². The topological polar surface area (TPSA) is 47.3 Å². The molecule has 1 rings (SSSR count). The van der Waals surface area contributed by atoms with Crippen LogP contribution < -0.4 is 11.1 Å². The van der Waals surface area contributed by atoms with E-state index in [0.717, 1.165) is 19.8 Å². The van der Waals surface area contributed by atoms with Gasteiger partial charge in [-0.25, -0.2) is 0 Å². The summed E-state index contributed by atoms with van der Waals surface area (Å²) in [5.41, 5.74) is 5.82. The van der Waals surface area contributed by atoms with Crippen molar-refractivity contribution < 1.29 is 4.74 Å². The molecule has 0 aromatic carbocycles. The molecule has 0 saturated heterocycles. The van der Waals surface area contributed by atoms with Crippen LogP contribution in [0, 0.1) is 0 Å². The summed E-state index contributed by atoms with van der Waals surface area (Å²) >= 11 is 0. The Morgan fingerprint density at radius 2 is 2.00 bits per heavy atom. The van der Waals surface area contributed by atoms with Crippen molar-refractivity contribution in [1.29, 1.82) is 0 Å². The van der Waals surface area contributed by atoms with Gasteiger partial charge in [0.05, 0.1) is 6.61 Å². The van der Waals surface area contributed by atoms with Gasteiger partial charge in [-0.1, -0.05) is 0 Å². The summed E-state index contributed by atoms with van der Waals surface area (Å²) < 4.78 is 5.26. The molecule has 3 N–H and O–H groups in total. The summed E-state index contributed by atoms with van der Waals surface area (Å²) in [7, 11) is 0. The van der Waals surface area contributed by atoms with Gasteiger partial charge >= 0.3 is 0 Å². The third-order valence-electron chi connectivity index (χ3n) is 2.66. The Balaban J connectivity index is 1.96. The van der Waals surface area contributed by atoms with Crippen LogP contribution in [-0.4, -0.2) is 31.8 Å². The number of ether oxygens (including phenoxy) is 1. The zero-order valence-corrected chi connectivity index (χ0v) is 8.59. The Bertz CT molecular complexity index is 122. The summed E-state index contributed by atoms with van der Waals surface area (Å²) in [6.45, 7) is 4.66. The second-order valence-electron chi connectivity index (χ2n) is 3.76. The molecule has 78 valence electrons. The Labute approximate surface area is 81.0 Å². The first-order chi connectivity index (χ1) is 6.33. The van der Waals surface area contributed by atoms with Crippen molar-refractivity contribution in [3.63, 3.8) is 0 Å². The van der Waals surface area contributed by atoms with E-state index in [2.05, 4.69) is 5.32 Å². The van der Waals surface area contributed by atoms with E-state index in [1.165, 1.54) is 25.7 Å². The van der Waals surface area contributed by atoms with E-state index >= 15 is 0 Å². The maximum Gasteiger partial charge on any atom is 0.0590 e. The maximum atomic E-state index is 5.82. The largest absolute Gasteiger partial charge is 0.380 e. The summed E-state index contributed by atoms with van der Waals surface area (Å²) in [6.07, 6.45) is 4.80. The molecular weight excluding hydrogens is 164 g/mol. The Morgan fingerprint density at radius 1 is 1.31 bits per heavy atom. The Hall–Kier alpha value is -0.120. The van der Waals surface area contributed by atoms with Crippen LogP contribution in [0.3, 0.4) is 0 Å². The lowest BCUT2D eigenvalue weighted by Crippen LogP contribution is -2.38. The minimum absolute atomic E-state index is 0.449. The van der Waals surface area contributed by atoms with Crippen molar-refractivity contribution in [2.24, 2.45) is 5.73 Å². The average molecular weight is 186 g/mol. The molecule has 0 unspecified atom stereocenters. The van der Waals surface area contributed by atoms with Crippen molar-refractivity contribution in [3.8, 4) is 0 Å². The van der Waals surface area contributed by atoms with Crippen molar-refractivity contribution in [2.75, 3.05) is 19.8 Å². The zero-order valence-electron chi connectivity index (χ0n) is 8.59. The van der Waals surface area contributed by atoms with Crippen LogP contribution in [0.15, 0.2) is 0 Å². The Morgan fingerprint density at radius 3 is 2.62 bits per heavy atom. The lowest BCUT2D eigenvalue weighted by Gasteiger charge is -2.26. The third kappa shape index (κ3) is 4.60. The molecule has 1 saturated carbocycles. The highest BCUT2D eigenvalue weighted by molar-refractivity contribution is 4.78. The molecule has 1 fully saturated rings. The summed E-state index contributed by atoms with van der Waals surface area (Å²) in [5, 5.41) is 3.50. The number of hydrogen-bond acceptors (Lipinski definition) is 3. The first-order valence-electron chi connectivity index (χ1n) is 5.39. The molecule has 3 heteroatoms. The van der Waals surface area contributed by atoms with Gasteiger partial charge in [0.15, 0.2) is 0 Å². The van der Waals surface area contributed by atoms with Crippen LogP contribution in [0.25, 0.3) is 0 Å². The molecule has 0 bridgehead atoms. The van der Waals surface area contributed by atoms with Crippen molar-refractivity contribution in [2.45, 2.75) is 44.7 Å². The number of hydrogen-bond donors (Lipinski definition) is 2. The molecule has 13 heavy (non-hydrogen) atoms. The van der Waals surface area contributed by atoms with Crippen LogP contribution in [0.4, 0.5) is 0 Å². The molecule has 1 aliphatic rings. The molecular formula is C10H22N2O. The molecule has 3 nitrogen and oxygen atoms in total. The first-order valence-corrected chi connectivity index (χ1v) is 5.39. The molecule has 0 spiro atoms. The second kappa shape index (κ2) is 6.35. The van der Waals surface area contributed by atoms with E-state index in [1.54, 1.807) is 0 Å². The van der Waals surface area contributed by atoms with Gasteiger partial charge in [0.25, 0.3) is 0 Å². The van der Waals surface area contributed by atoms with E-state index in [9.17, 15) is 0 Å². The van der Waals surface area contributed by atoms with Gasteiger partial charge in [0, 0.05) is 25.2 Å². The molecule has 1 aliphatic carbocycles. The van der Waals surface area contributed by atoms with Gasteiger partial charge in [0.1, 0.15) is 0 Å². The van der Waals surface area contributed by atoms with Crippen molar-refractivity contribution in [3.05, 3.63) is 0 Å². The SMILES string of the molecule is CCOCCNC1CCC(N)CC1. The highest BCUT2D eigenvalue weighted by atomic mass is 16.5. The predicted octanol–water partition coefficient (Wildman–Crippen LogP) is 0.882. The molecule has 0 radical (unpaired) electrons. The summed E-state index contributed by atoms with van der Waals surface area (Å²) in [5.74, 6) is 0. The number of rotatable bonds is 5. The molecule has 0 aromatic rings. The fourth-order valence-corrected chi connectivity index (χ4v) is 1.80. The van der Waals surface area contributed by atoms with Crippen LogP contribution >= 0.6 is 0 Å². The molecule has 0 amide bonds. The molecule has 0 aliphatic heterocycles. The van der Waals surface area contributed by atoms with Crippen molar-refractivity contribution >= 4 is 0 Å². The highest BCUT2D eigenvalue weighted by Gasteiger charge is 2.17. The summed E-state index contributed by atoms with van der Waals surface area (Å²) in [6, 6.07) is 1.13. The van der Waals surface area contributed by atoms with Crippen molar-refractivity contribution in [1.82, 2.24) is 5.32 Å². The van der Waals surface area contributed by atoms with E-state index in [-0.39, 0.29) is 0 Å². The van der Waals surface area contributed by atoms with Gasteiger partial charge in [-0.3, -0.25) is 0 Å². The molecule has 0 aromatic heterocycles. The van der Waals surface area contributed by atoms with E-state index in [0.29, 0.717) is 12.1 Å². The maximum absolute atomic E-state index is 5.82. The van der Waals surface area contributed by atoms with E-state index in [4.69, 9.17) is 10.5 Å². The normalized spacial score (nSPS) is 29.1. The number of nitrogens with one attached hydrogen (secondary N) is 1. The highest BCUT2D eigenvalue weighted by Crippen LogP contribution is 2.16. The van der Waals surface area contributed by atoms with Gasteiger partial charge in [-0.05, 0) is 32.6 Å². The van der Waals surface area contributed by atoms with E-state index < -0.39 is 0 Å². The molecule has 0 heterocycles. The van der Waals surface area contributed by atoms with Gasteiger partial charge in [0.2, 0.25) is 0 Å². The average Bonchev–Trinajstić information content (AvgIpc) is 2.15. The van der Waals surface area contributed by atoms with Crippen LogP contribution in [0.5, 0.6) is 0 Å². The predicted molar refractivity (Wildman–Crippen MR) is 54.7 cm³/mol. The summed E-state index contributed by atoms with van der Waals surface area (Å²) in [4.78, 5) is 0. The fraction of sp³-hybridized carbons (Fsp3) is 1.00. The quantitative estimate of drug-likeness (QED) is 0.627. The van der Waals surface area contributed by atoms with Gasteiger partial charge < -0.3 is 15.8 Å². The lowest BCUT2D eigenvalue weighted by molar-refractivity contribution is 0.144. The Kier molecular flexibility index (Phi) is 5.35. The van der Waals surface area contributed by atoms with Crippen LogP contribution in [0.2, 0.25) is 0 Å². The van der Waals surface area contributed by atoms with Gasteiger partial charge in [-0.2, -0.15) is 0 Å². The lowest BCUT2D eigenvalue weighted by atomic mass is 9.92. The molecule has 0 atom stereocenters. The van der Waals surface area contributed by atoms with E-state index in [1.807, 2.05) is 6.92 Å². The minimum atomic E-state index is 0.449. The minimum Gasteiger partial charge on any atom is -0.380 e. The smallest absolute Gasteiger partial charge is 0.0590 e.